The lowest BCUT2D eigenvalue weighted by Crippen LogP contribution is -2.48. The van der Waals surface area contributed by atoms with Gasteiger partial charge in [-0.05, 0) is 49.4 Å². The van der Waals surface area contributed by atoms with Gasteiger partial charge in [0.05, 0.1) is 0 Å². The molecule has 0 radical (unpaired) electrons. The summed E-state index contributed by atoms with van der Waals surface area (Å²) in [6.07, 6.45) is 6.15. The average molecular weight is 420 g/mol. The molecule has 1 fully saturated rings. The van der Waals surface area contributed by atoms with Crippen molar-refractivity contribution in [2.75, 3.05) is 26.7 Å². The van der Waals surface area contributed by atoms with E-state index in [9.17, 15) is 0 Å². The number of aryl methyl sites for hydroxylation is 2. The van der Waals surface area contributed by atoms with Gasteiger partial charge in [0.25, 0.3) is 0 Å². The van der Waals surface area contributed by atoms with Crippen LogP contribution in [0.2, 0.25) is 0 Å². The van der Waals surface area contributed by atoms with Crippen molar-refractivity contribution in [2.45, 2.75) is 45.2 Å². The van der Waals surface area contributed by atoms with Crippen molar-refractivity contribution >= 4 is 11.6 Å². The van der Waals surface area contributed by atoms with Gasteiger partial charge in [-0.15, -0.1) is 10.2 Å². The predicted octanol–water partition coefficient (Wildman–Crippen LogP) is 2.80. The molecule has 1 aliphatic rings. The van der Waals surface area contributed by atoms with E-state index in [2.05, 4.69) is 66.3 Å². The Morgan fingerprint density at radius 2 is 1.90 bits per heavy atom. The number of fused-ring (bicyclic) bond motifs is 1. The number of pyridine rings is 1. The fourth-order valence-corrected chi connectivity index (χ4v) is 4.17. The number of hydrogen-bond donors (Lipinski definition) is 2. The fourth-order valence-electron chi connectivity index (χ4n) is 4.17. The van der Waals surface area contributed by atoms with E-state index < -0.39 is 0 Å². The first-order valence-corrected chi connectivity index (χ1v) is 11.3. The van der Waals surface area contributed by atoms with Gasteiger partial charge in [-0.2, -0.15) is 0 Å². The Hall–Kier alpha value is -2.93. The van der Waals surface area contributed by atoms with Gasteiger partial charge < -0.3 is 10.6 Å². The molecular formula is C24H33N7. The number of rotatable bonds is 7. The summed E-state index contributed by atoms with van der Waals surface area (Å²) in [6.45, 7) is 6.33. The topological polar surface area (TPSA) is 69.8 Å². The smallest absolute Gasteiger partial charge is 0.191 e. The van der Waals surface area contributed by atoms with Crippen molar-refractivity contribution < 1.29 is 0 Å². The first-order valence-electron chi connectivity index (χ1n) is 11.3. The molecule has 7 heteroatoms. The van der Waals surface area contributed by atoms with E-state index in [0.717, 1.165) is 69.3 Å². The maximum atomic E-state index is 4.41. The monoisotopic (exact) mass is 419 g/mol. The number of nitrogens with one attached hydrogen (secondary N) is 2. The first kappa shape index (κ1) is 21.3. The highest BCUT2D eigenvalue weighted by Crippen LogP contribution is 2.16. The second-order valence-electron chi connectivity index (χ2n) is 8.27. The Bertz CT molecular complexity index is 1000. The van der Waals surface area contributed by atoms with E-state index >= 15 is 0 Å². The van der Waals surface area contributed by atoms with Crippen molar-refractivity contribution in [3.8, 4) is 0 Å². The number of guanidine groups is 1. The van der Waals surface area contributed by atoms with Gasteiger partial charge >= 0.3 is 0 Å². The van der Waals surface area contributed by atoms with Crippen LogP contribution in [0.4, 0.5) is 0 Å². The Morgan fingerprint density at radius 1 is 1.10 bits per heavy atom. The van der Waals surface area contributed by atoms with Gasteiger partial charge in [0.15, 0.2) is 11.6 Å². The molecule has 1 aliphatic heterocycles. The van der Waals surface area contributed by atoms with Crippen molar-refractivity contribution in [3.05, 3.63) is 65.6 Å². The summed E-state index contributed by atoms with van der Waals surface area (Å²) in [5.41, 5.74) is 3.72. The number of aliphatic imine (C=N–C) groups is 1. The molecule has 1 saturated heterocycles. The minimum Gasteiger partial charge on any atom is -0.356 e. The molecule has 1 aromatic carbocycles. The molecule has 0 amide bonds. The molecule has 164 valence electrons. The molecule has 4 rings (SSSR count). The number of aromatic nitrogens is 3. The van der Waals surface area contributed by atoms with Crippen LogP contribution in [0.15, 0.2) is 53.7 Å². The lowest BCUT2D eigenvalue weighted by molar-refractivity contribution is 0.198. The zero-order valence-electron chi connectivity index (χ0n) is 18.6. The highest BCUT2D eigenvalue weighted by molar-refractivity contribution is 5.79. The number of nitrogens with zero attached hydrogens (tertiary/aromatic N) is 5. The van der Waals surface area contributed by atoms with Gasteiger partial charge in [-0.25, -0.2) is 0 Å². The van der Waals surface area contributed by atoms with Gasteiger partial charge in [0, 0.05) is 51.9 Å². The Kier molecular flexibility index (Phi) is 7.14. The second kappa shape index (κ2) is 10.4. The SMILES string of the molecule is CN=C(NCCCc1nnc2ccccn12)NC1CCN(Cc2ccccc2C)CC1. The van der Waals surface area contributed by atoms with Gasteiger partial charge in [0.2, 0.25) is 0 Å². The third-order valence-electron chi connectivity index (χ3n) is 6.06. The van der Waals surface area contributed by atoms with E-state index in [0.29, 0.717) is 6.04 Å². The normalized spacial score (nSPS) is 16.0. The zero-order valence-corrected chi connectivity index (χ0v) is 18.6. The highest BCUT2D eigenvalue weighted by atomic mass is 15.2. The number of benzene rings is 1. The number of piperidine rings is 1. The minimum absolute atomic E-state index is 0.472. The maximum Gasteiger partial charge on any atom is 0.191 e. The molecule has 0 spiro atoms. The van der Waals surface area contributed by atoms with Crippen molar-refractivity contribution in [2.24, 2.45) is 4.99 Å². The molecule has 2 aromatic heterocycles. The fraction of sp³-hybridized carbons (Fsp3) is 0.458. The van der Waals surface area contributed by atoms with E-state index in [1.54, 1.807) is 0 Å². The first-order chi connectivity index (χ1) is 15.2. The van der Waals surface area contributed by atoms with Gasteiger partial charge in [0.1, 0.15) is 5.82 Å². The summed E-state index contributed by atoms with van der Waals surface area (Å²) in [5.74, 6) is 1.89. The lowest BCUT2D eigenvalue weighted by Gasteiger charge is -2.33. The molecule has 0 bridgehead atoms. The van der Waals surface area contributed by atoms with E-state index in [4.69, 9.17) is 0 Å². The molecule has 7 nitrogen and oxygen atoms in total. The van der Waals surface area contributed by atoms with Crippen LogP contribution in [0.25, 0.3) is 5.65 Å². The summed E-state index contributed by atoms with van der Waals surface area (Å²) >= 11 is 0. The summed E-state index contributed by atoms with van der Waals surface area (Å²) in [6, 6.07) is 15.1. The van der Waals surface area contributed by atoms with Crippen molar-refractivity contribution in [1.82, 2.24) is 30.1 Å². The summed E-state index contributed by atoms with van der Waals surface area (Å²) < 4.78 is 2.05. The van der Waals surface area contributed by atoms with Crippen LogP contribution >= 0.6 is 0 Å². The molecular weight excluding hydrogens is 386 g/mol. The van der Waals surface area contributed by atoms with Crippen molar-refractivity contribution in [1.29, 1.82) is 0 Å². The Labute approximate surface area is 184 Å². The summed E-state index contributed by atoms with van der Waals surface area (Å²) in [7, 11) is 1.84. The summed E-state index contributed by atoms with van der Waals surface area (Å²) in [4.78, 5) is 6.97. The van der Waals surface area contributed by atoms with Crippen LogP contribution in [-0.4, -0.2) is 58.2 Å². The molecule has 31 heavy (non-hydrogen) atoms. The highest BCUT2D eigenvalue weighted by Gasteiger charge is 2.20. The molecule has 0 aliphatic carbocycles. The van der Waals surface area contributed by atoms with E-state index in [1.165, 1.54) is 11.1 Å². The third kappa shape index (κ3) is 5.61. The molecule has 0 unspecified atom stereocenters. The van der Waals surface area contributed by atoms with Crippen LogP contribution in [-0.2, 0) is 13.0 Å². The molecule has 3 heterocycles. The lowest BCUT2D eigenvalue weighted by atomic mass is 10.0. The molecule has 2 N–H and O–H groups in total. The van der Waals surface area contributed by atoms with Crippen LogP contribution in [0.1, 0.15) is 36.2 Å². The Balaban J connectivity index is 1.17. The average Bonchev–Trinajstić information content (AvgIpc) is 3.21. The van der Waals surface area contributed by atoms with Gasteiger partial charge in [-0.3, -0.25) is 14.3 Å². The van der Waals surface area contributed by atoms with Crippen molar-refractivity contribution in [3.63, 3.8) is 0 Å². The Morgan fingerprint density at radius 3 is 2.71 bits per heavy atom. The largest absolute Gasteiger partial charge is 0.356 e. The zero-order chi connectivity index (χ0) is 21.5. The summed E-state index contributed by atoms with van der Waals surface area (Å²) in [5, 5.41) is 15.6. The molecule has 3 aromatic rings. The van der Waals surface area contributed by atoms with Crippen LogP contribution in [0.5, 0.6) is 0 Å². The molecule has 0 saturated carbocycles. The van der Waals surface area contributed by atoms with E-state index in [1.807, 2.05) is 31.4 Å². The standard InChI is InChI=1S/C24H33N7/c1-19-8-3-4-9-20(19)18-30-16-12-21(13-17-30)27-24(25-2)26-14-7-11-23-29-28-22-10-5-6-15-31(22)23/h3-6,8-10,15,21H,7,11-14,16-18H2,1-2H3,(H2,25,26,27). The molecule has 0 atom stereocenters. The van der Waals surface area contributed by atoms with Crippen LogP contribution in [0.3, 0.4) is 0 Å². The quantitative estimate of drug-likeness (QED) is 0.350. The van der Waals surface area contributed by atoms with Crippen LogP contribution < -0.4 is 10.6 Å². The predicted molar refractivity (Wildman–Crippen MR) is 125 cm³/mol. The number of hydrogen-bond acceptors (Lipinski definition) is 4. The second-order valence-corrected chi connectivity index (χ2v) is 8.27. The maximum absolute atomic E-state index is 4.41. The van der Waals surface area contributed by atoms with Crippen LogP contribution in [0, 0.1) is 6.92 Å². The number of likely N-dealkylation sites (tertiary alicyclic amines) is 1. The minimum atomic E-state index is 0.472. The van der Waals surface area contributed by atoms with Gasteiger partial charge in [-0.1, -0.05) is 30.3 Å². The van der Waals surface area contributed by atoms with E-state index in [-0.39, 0.29) is 0 Å². The third-order valence-corrected chi connectivity index (χ3v) is 6.06.